The van der Waals surface area contributed by atoms with Crippen molar-refractivity contribution < 1.29 is 4.79 Å². The predicted molar refractivity (Wildman–Crippen MR) is 85.6 cm³/mol. The Bertz CT molecular complexity index is 527. The number of aryl methyl sites for hydroxylation is 2. The number of nitrogens with zero attached hydrogens (tertiary/aromatic N) is 1. The second-order valence-electron chi connectivity index (χ2n) is 6.93. The molecule has 3 nitrogen and oxygen atoms in total. The summed E-state index contributed by atoms with van der Waals surface area (Å²) in [6.45, 7) is 8.16. The van der Waals surface area contributed by atoms with Gasteiger partial charge in [0.1, 0.15) is 0 Å². The van der Waals surface area contributed by atoms with Crippen molar-refractivity contribution >= 4 is 5.91 Å². The van der Waals surface area contributed by atoms with E-state index in [4.69, 9.17) is 0 Å². The largest absolute Gasteiger partial charge is 0.338 e. The van der Waals surface area contributed by atoms with E-state index in [-0.39, 0.29) is 5.91 Å². The van der Waals surface area contributed by atoms with Crippen LogP contribution in [0.4, 0.5) is 0 Å². The molecule has 0 bridgehead atoms. The van der Waals surface area contributed by atoms with E-state index >= 15 is 0 Å². The van der Waals surface area contributed by atoms with Crippen LogP contribution in [0, 0.1) is 19.3 Å². The first-order chi connectivity index (χ1) is 10.1. The number of hydrogen-bond acceptors (Lipinski definition) is 2. The van der Waals surface area contributed by atoms with Crippen molar-refractivity contribution in [3.05, 3.63) is 34.9 Å². The monoisotopic (exact) mass is 286 g/mol. The number of amides is 1. The number of hydrogen-bond donors (Lipinski definition) is 1. The van der Waals surface area contributed by atoms with Crippen LogP contribution in [0.1, 0.15) is 47.2 Å². The number of carbonyl (C=O) groups is 1. The molecule has 1 atom stereocenters. The Labute approximate surface area is 127 Å². The highest BCUT2D eigenvalue weighted by molar-refractivity contribution is 5.95. The number of carbonyl (C=O) groups excluding carboxylic acids is 1. The van der Waals surface area contributed by atoms with Crippen LogP contribution >= 0.6 is 0 Å². The maximum absolute atomic E-state index is 12.9. The van der Waals surface area contributed by atoms with Crippen molar-refractivity contribution in [3.63, 3.8) is 0 Å². The number of piperidine rings is 2. The van der Waals surface area contributed by atoms with Crippen LogP contribution < -0.4 is 5.32 Å². The van der Waals surface area contributed by atoms with Gasteiger partial charge in [-0.15, -0.1) is 0 Å². The van der Waals surface area contributed by atoms with Gasteiger partial charge in [0, 0.05) is 30.6 Å². The molecule has 1 N–H and O–H groups in total. The summed E-state index contributed by atoms with van der Waals surface area (Å²) >= 11 is 0. The molecule has 3 heteroatoms. The van der Waals surface area contributed by atoms with Crippen LogP contribution in [0.15, 0.2) is 18.2 Å². The Morgan fingerprint density at radius 1 is 1.24 bits per heavy atom. The molecule has 2 heterocycles. The smallest absolute Gasteiger partial charge is 0.254 e. The lowest BCUT2D eigenvalue weighted by molar-refractivity contribution is 0.0433. The van der Waals surface area contributed by atoms with Gasteiger partial charge in [0.25, 0.3) is 5.91 Å². The molecular weight excluding hydrogens is 260 g/mol. The Hall–Kier alpha value is -1.35. The van der Waals surface area contributed by atoms with Crippen LogP contribution in [0.3, 0.4) is 0 Å². The van der Waals surface area contributed by atoms with Gasteiger partial charge in [0.15, 0.2) is 0 Å². The molecule has 1 unspecified atom stereocenters. The van der Waals surface area contributed by atoms with Gasteiger partial charge in [-0.3, -0.25) is 4.79 Å². The third-order valence-electron chi connectivity index (χ3n) is 5.12. The zero-order valence-electron chi connectivity index (χ0n) is 13.2. The summed E-state index contributed by atoms with van der Waals surface area (Å²) in [6, 6.07) is 6.14. The summed E-state index contributed by atoms with van der Waals surface area (Å²) in [7, 11) is 0. The molecule has 0 radical (unpaired) electrons. The Morgan fingerprint density at radius 2 is 2.05 bits per heavy atom. The van der Waals surface area contributed by atoms with Crippen LogP contribution in [0.5, 0.6) is 0 Å². The second-order valence-corrected chi connectivity index (χ2v) is 6.93. The molecule has 1 spiro atoms. The van der Waals surface area contributed by atoms with Gasteiger partial charge in [0.05, 0.1) is 0 Å². The first-order valence-corrected chi connectivity index (χ1v) is 8.17. The maximum atomic E-state index is 12.9. The van der Waals surface area contributed by atoms with Crippen molar-refractivity contribution in [1.82, 2.24) is 10.2 Å². The van der Waals surface area contributed by atoms with E-state index in [1.807, 2.05) is 19.1 Å². The zero-order chi connectivity index (χ0) is 14.9. The molecule has 0 aliphatic carbocycles. The van der Waals surface area contributed by atoms with Gasteiger partial charge in [-0.25, -0.2) is 0 Å². The molecule has 1 amide bonds. The molecule has 3 rings (SSSR count). The third kappa shape index (κ3) is 2.98. The lowest BCUT2D eigenvalue weighted by atomic mass is 9.74. The van der Waals surface area contributed by atoms with Crippen molar-refractivity contribution in [3.8, 4) is 0 Å². The highest BCUT2D eigenvalue weighted by atomic mass is 16.2. The maximum Gasteiger partial charge on any atom is 0.254 e. The summed E-state index contributed by atoms with van der Waals surface area (Å²) in [5, 5.41) is 3.53. The van der Waals surface area contributed by atoms with Gasteiger partial charge < -0.3 is 10.2 Å². The summed E-state index contributed by atoms with van der Waals surface area (Å²) in [5.74, 6) is 0.220. The Morgan fingerprint density at radius 3 is 2.76 bits per heavy atom. The minimum absolute atomic E-state index is 0.220. The van der Waals surface area contributed by atoms with Crippen LogP contribution in [-0.2, 0) is 0 Å². The van der Waals surface area contributed by atoms with E-state index in [0.717, 1.165) is 43.7 Å². The molecule has 2 saturated heterocycles. The molecule has 1 aromatic carbocycles. The fourth-order valence-corrected chi connectivity index (χ4v) is 3.98. The topological polar surface area (TPSA) is 32.3 Å². The Balaban J connectivity index is 1.77. The van der Waals surface area contributed by atoms with E-state index in [1.54, 1.807) is 0 Å². The lowest BCUT2D eigenvalue weighted by Crippen LogP contribution is -2.52. The average molecular weight is 286 g/mol. The predicted octanol–water partition coefficient (Wildman–Crippen LogP) is 2.91. The van der Waals surface area contributed by atoms with Crippen LogP contribution in [0.2, 0.25) is 0 Å². The van der Waals surface area contributed by atoms with Gasteiger partial charge in [-0.2, -0.15) is 0 Å². The van der Waals surface area contributed by atoms with Crippen molar-refractivity contribution in [2.45, 2.75) is 39.5 Å². The lowest BCUT2D eigenvalue weighted by Gasteiger charge is -2.45. The standard InChI is InChI=1S/C18H26N2O/c1-14-5-6-16(15(2)11-14)17(21)20-10-4-8-18(13-20)7-3-9-19-12-18/h5-6,11,19H,3-4,7-10,12-13H2,1-2H3. The van der Waals surface area contributed by atoms with Gasteiger partial charge in [-0.1, -0.05) is 17.7 Å². The molecule has 21 heavy (non-hydrogen) atoms. The Kier molecular flexibility index (Phi) is 4.03. The fourth-order valence-electron chi connectivity index (χ4n) is 3.98. The van der Waals surface area contributed by atoms with Gasteiger partial charge in [0.2, 0.25) is 0 Å². The van der Waals surface area contributed by atoms with Gasteiger partial charge in [-0.05, 0) is 57.7 Å². The summed E-state index contributed by atoms with van der Waals surface area (Å²) in [6.07, 6.45) is 4.90. The molecule has 1 aromatic rings. The van der Waals surface area contributed by atoms with Crippen LogP contribution in [0.25, 0.3) is 0 Å². The number of benzene rings is 1. The SMILES string of the molecule is Cc1ccc(C(=O)N2CCCC3(CCCNC3)C2)c(C)c1. The number of nitrogens with one attached hydrogen (secondary N) is 1. The minimum Gasteiger partial charge on any atom is -0.338 e. The van der Waals surface area contributed by atoms with Crippen LogP contribution in [-0.4, -0.2) is 37.0 Å². The average Bonchev–Trinajstić information content (AvgIpc) is 2.47. The van der Waals surface area contributed by atoms with E-state index in [0.29, 0.717) is 5.41 Å². The first kappa shape index (κ1) is 14.6. The molecule has 0 saturated carbocycles. The quantitative estimate of drug-likeness (QED) is 0.861. The highest BCUT2D eigenvalue weighted by Crippen LogP contribution is 2.36. The van der Waals surface area contributed by atoms with Gasteiger partial charge >= 0.3 is 0 Å². The van der Waals surface area contributed by atoms with Crippen molar-refractivity contribution in [2.75, 3.05) is 26.2 Å². The van der Waals surface area contributed by atoms with E-state index in [2.05, 4.69) is 23.2 Å². The highest BCUT2D eigenvalue weighted by Gasteiger charge is 2.38. The first-order valence-electron chi connectivity index (χ1n) is 8.17. The number of likely N-dealkylation sites (tertiary alicyclic amines) is 1. The van der Waals surface area contributed by atoms with Crippen molar-refractivity contribution in [2.24, 2.45) is 5.41 Å². The third-order valence-corrected chi connectivity index (χ3v) is 5.12. The molecule has 2 aliphatic heterocycles. The summed E-state index contributed by atoms with van der Waals surface area (Å²) in [5.41, 5.74) is 3.52. The minimum atomic E-state index is 0.220. The summed E-state index contributed by atoms with van der Waals surface area (Å²) < 4.78 is 0. The van der Waals surface area contributed by atoms with Crippen molar-refractivity contribution in [1.29, 1.82) is 0 Å². The van der Waals surface area contributed by atoms with E-state index in [1.165, 1.54) is 24.8 Å². The molecule has 0 aromatic heterocycles. The molecule has 114 valence electrons. The fraction of sp³-hybridized carbons (Fsp3) is 0.611. The number of rotatable bonds is 1. The second kappa shape index (κ2) is 5.80. The van der Waals surface area contributed by atoms with E-state index in [9.17, 15) is 4.79 Å². The normalized spacial score (nSPS) is 26.1. The molecule has 2 fully saturated rings. The molecule has 2 aliphatic rings. The zero-order valence-corrected chi connectivity index (χ0v) is 13.2. The van der Waals surface area contributed by atoms with E-state index < -0.39 is 0 Å². The summed E-state index contributed by atoms with van der Waals surface area (Å²) in [4.78, 5) is 15.0. The molecular formula is C18H26N2O.